The first-order valence-electron chi connectivity index (χ1n) is 5.16. The van der Waals surface area contributed by atoms with Crippen LogP contribution in [0.25, 0.3) is 0 Å². The molecule has 0 unspecified atom stereocenters. The van der Waals surface area contributed by atoms with Crippen molar-refractivity contribution in [3.8, 4) is 0 Å². The van der Waals surface area contributed by atoms with Crippen LogP contribution in [0, 0.1) is 13.8 Å². The smallest absolute Gasteiger partial charge is 0.273 e. The minimum atomic E-state index is -0.188. The quantitative estimate of drug-likeness (QED) is 0.894. The highest BCUT2D eigenvalue weighted by Gasteiger charge is 2.11. The first-order valence-corrected chi connectivity index (χ1v) is 5.95. The van der Waals surface area contributed by atoms with Crippen LogP contribution in [-0.4, -0.2) is 16.1 Å². The molecule has 1 aromatic heterocycles. The molecule has 0 spiro atoms. The van der Waals surface area contributed by atoms with Gasteiger partial charge in [0.05, 0.1) is 0 Å². The van der Waals surface area contributed by atoms with Gasteiger partial charge in [-0.05, 0) is 37.1 Å². The number of hydrogen-bond donors (Lipinski definition) is 2. The Balaban J connectivity index is 2.31. The van der Waals surface area contributed by atoms with E-state index in [9.17, 15) is 4.79 Å². The van der Waals surface area contributed by atoms with Crippen molar-refractivity contribution in [2.75, 3.05) is 5.32 Å². The van der Waals surface area contributed by atoms with Crippen LogP contribution in [0.4, 0.5) is 5.69 Å². The van der Waals surface area contributed by atoms with E-state index in [0.29, 0.717) is 5.69 Å². The van der Waals surface area contributed by atoms with Gasteiger partial charge in [-0.3, -0.25) is 9.89 Å². The Kier molecular flexibility index (Phi) is 3.28. The molecule has 0 aliphatic rings. The van der Waals surface area contributed by atoms with Crippen LogP contribution in [0.3, 0.4) is 0 Å². The highest BCUT2D eigenvalue weighted by molar-refractivity contribution is 9.10. The number of amides is 1. The monoisotopic (exact) mass is 293 g/mol. The summed E-state index contributed by atoms with van der Waals surface area (Å²) in [5, 5.41) is 9.27. The van der Waals surface area contributed by atoms with E-state index in [0.717, 1.165) is 21.3 Å². The van der Waals surface area contributed by atoms with E-state index in [1.54, 1.807) is 12.3 Å². The fourth-order valence-corrected chi connectivity index (χ4v) is 1.91. The molecule has 0 saturated carbocycles. The summed E-state index contributed by atoms with van der Waals surface area (Å²) < 4.78 is 0.975. The van der Waals surface area contributed by atoms with Gasteiger partial charge in [-0.2, -0.15) is 5.10 Å². The standard InChI is InChI=1S/C12H12BrN3O/c1-7-3-4-9(13)8(2)11(7)15-12(17)10-5-6-14-16-10/h3-6H,1-2H3,(H,14,16)(H,15,17). The van der Waals surface area contributed by atoms with E-state index in [1.807, 2.05) is 26.0 Å². The van der Waals surface area contributed by atoms with E-state index in [1.165, 1.54) is 0 Å². The fourth-order valence-electron chi connectivity index (χ4n) is 1.58. The van der Waals surface area contributed by atoms with Gasteiger partial charge in [-0.25, -0.2) is 0 Å². The summed E-state index contributed by atoms with van der Waals surface area (Å²) in [6, 6.07) is 5.56. The maximum atomic E-state index is 11.9. The number of aromatic amines is 1. The number of halogens is 1. The molecule has 2 rings (SSSR count). The molecule has 17 heavy (non-hydrogen) atoms. The van der Waals surface area contributed by atoms with Crippen molar-refractivity contribution >= 4 is 27.5 Å². The number of carbonyl (C=O) groups excluding carboxylic acids is 1. The fraction of sp³-hybridized carbons (Fsp3) is 0.167. The molecule has 2 N–H and O–H groups in total. The molecule has 4 nitrogen and oxygen atoms in total. The van der Waals surface area contributed by atoms with Crippen molar-refractivity contribution < 1.29 is 4.79 Å². The molecule has 1 heterocycles. The van der Waals surface area contributed by atoms with E-state index >= 15 is 0 Å². The summed E-state index contributed by atoms with van der Waals surface area (Å²) >= 11 is 3.45. The predicted octanol–water partition coefficient (Wildman–Crippen LogP) is 3.04. The van der Waals surface area contributed by atoms with Crippen LogP contribution in [0.15, 0.2) is 28.9 Å². The summed E-state index contributed by atoms with van der Waals surface area (Å²) in [6.07, 6.45) is 1.55. The summed E-state index contributed by atoms with van der Waals surface area (Å²) in [5.74, 6) is -0.188. The van der Waals surface area contributed by atoms with E-state index in [4.69, 9.17) is 0 Å². The predicted molar refractivity (Wildman–Crippen MR) is 70.2 cm³/mol. The van der Waals surface area contributed by atoms with Crippen molar-refractivity contribution in [3.63, 3.8) is 0 Å². The van der Waals surface area contributed by atoms with Gasteiger partial charge in [-0.15, -0.1) is 0 Å². The van der Waals surface area contributed by atoms with Crippen LogP contribution in [0.2, 0.25) is 0 Å². The molecule has 88 valence electrons. The van der Waals surface area contributed by atoms with Crippen LogP contribution >= 0.6 is 15.9 Å². The van der Waals surface area contributed by atoms with Crippen molar-refractivity contribution in [1.82, 2.24) is 10.2 Å². The normalized spacial score (nSPS) is 10.3. The Bertz CT molecular complexity index is 549. The molecule has 0 aliphatic heterocycles. The number of hydrogen-bond acceptors (Lipinski definition) is 2. The third-order valence-electron chi connectivity index (χ3n) is 2.59. The van der Waals surface area contributed by atoms with Gasteiger partial charge in [0.1, 0.15) is 5.69 Å². The lowest BCUT2D eigenvalue weighted by molar-refractivity contribution is 0.102. The van der Waals surface area contributed by atoms with Gasteiger partial charge in [0.25, 0.3) is 5.91 Å². The molecule has 0 atom stereocenters. The Labute approximate surface area is 108 Å². The number of nitrogens with one attached hydrogen (secondary N) is 2. The third kappa shape index (κ3) is 2.39. The number of aromatic nitrogens is 2. The lowest BCUT2D eigenvalue weighted by atomic mass is 10.1. The van der Waals surface area contributed by atoms with Gasteiger partial charge >= 0.3 is 0 Å². The summed E-state index contributed by atoms with van der Waals surface area (Å²) in [5.41, 5.74) is 3.32. The summed E-state index contributed by atoms with van der Waals surface area (Å²) in [4.78, 5) is 11.9. The third-order valence-corrected chi connectivity index (χ3v) is 3.45. The maximum Gasteiger partial charge on any atom is 0.273 e. The highest BCUT2D eigenvalue weighted by Crippen LogP contribution is 2.27. The molecule has 0 fully saturated rings. The Morgan fingerprint density at radius 2 is 2.12 bits per heavy atom. The van der Waals surface area contributed by atoms with Crippen molar-refractivity contribution in [1.29, 1.82) is 0 Å². The molecule has 0 aliphatic carbocycles. The molecule has 5 heteroatoms. The van der Waals surface area contributed by atoms with Crippen LogP contribution in [0.1, 0.15) is 21.6 Å². The lowest BCUT2D eigenvalue weighted by Gasteiger charge is -2.12. The van der Waals surface area contributed by atoms with Crippen LogP contribution in [-0.2, 0) is 0 Å². The van der Waals surface area contributed by atoms with Crippen molar-refractivity contribution in [3.05, 3.63) is 45.7 Å². The molecule has 1 amide bonds. The molecule has 0 radical (unpaired) electrons. The second-order valence-electron chi connectivity index (χ2n) is 3.79. The van der Waals surface area contributed by atoms with Crippen LogP contribution in [0.5, 0.6) is 0 Å². The van der Waals surface area contributed by atoms with Crippen molar-refractivity contribution in [2.24, 2.45) is 0 Å². The first-order chi connectivity index (χ1) is 8.09. The van der Waals surface area contributed by atoms with Gasteiger partial charge in [0, 0.05) is 16.4 Å². The Morgan fingerprint density at radius 3 is 2.76 bits per heavy atom. The summed E-state index contributed by atoms with van der Waals surface area (Å²) in [6.45, 7) is 3.92. The molecular weight excluding hydrogens is 282 g/mol. The van der Waals surface area contributed by atoms with Gasteiger partial charge in [0.15, 0.2) is 0 Å². The van der Waals surface area contributed by atoms with Gasteiger partial charge in [-0.1, -0.05) is 22.0 Å². The van der Waals surface area contributed by atoms with E-state index in [2.05, 4.69) is 31.4 Å². The largest absolute Gasteiger partial charge is 0.320 e. The van der Waals surface area contributed by atoms with E-state index in [-0.39, 0.29) is 5.91 Å². The number of carbonyl (C=O) groups is 1. The van der Waals surface area contributed by atoms with Gasteiger partial charge in [0.2, 0.25) is 0 Å². The maximum absolute atomic E-state index is 11.9. The molecule has 2 aromatic rings. The topological polar surface area (TPSA) is 57.8 Å². The van der Waals surface area contributed by atoms with E-state index < -0.39 is 0 Å². The summed E-state index contributed by atoms with van der Waals surface area (Å²) in [7, 11) is 0. The number of rotatable bonds is 2. The minimum Gasteiger partial charge on any atom is -0.320 e. The zero-order valence-corrected chi connectivity index (χ0v) is 11.1. The molecular formula is C12H12BrN3O. The number of H-pyrrole nitrogens is 1. The second kappa shape index (κ2) is 4.71. The van der Waals surface area contributed by atoms with Crippen LogP contribution < -0.4 is 5.32 Å². The Hall–Kier alpha value is -1.62. The number of benzene rings is 1. The average molecular weight is 294 g/mol. The molecule has 0 bridgehead atoms. The zero-order valence-electron chi connectivity index (χ0n) is 9.54. The molecule has 0 saturated heterocycles. The molecule has 1 aromatic carbocycles. The minimum absolute atomic E-state index is 0.188. The lowest BCUT2D eigenvalue weighted by Crippen LogP contribution is -2.14. The zero-order chi connectivity index (χ0) is 12.4. The SMILES string of the molecule is Cc1ccc(Br)c(C)c1NC(=O)c1ccn[nH]1. The van der Waals surface area contributed by atoms with Crippen molar-refractivity contribution in [2.45, 2.75) is 13.8 Å². The van der Waals surface area contributed by atoms with Gasteiger partial charge < -0.3 is 5.32 Å². The Morgan fingerprint density at radius 1 is 1.35 bits per heavy atom. The average Bonchev–Trinajstić information content (AvgIpc) is 2.83. The second-order valence-corrected chi connectivity index (χ2v) is 4.64. The number of nitrogens with zero attached hydrogens (tertiary/aromatic N) is 1. The number of anilines is 1. The highest BCUT2D eigenvalue weighted by atomic mass is 79.9. The first kappa shape index (κ1) is 11.9. The number of aryl methyl sites for hydroxylation is 1.